The van der Waals surface area contributed by atoms with E-state index in [0.29, 0.717) is 52.4 Å². The summed E-state index contributed by atoms with van der Waals surface area (Å²) >= 11 is 6.88. The van der Waals surface area contributed by atoms with Gasteiger partial charge in [-0.25, -0.2) is 44.9 Å². The van der Waals surface area contributed by atoms with Gasteiger partial charge < -0.3 is 9.31 Å². The largest absolute Gasteiger partial charge is 0.494 e. The first-order valence-corrected chi connectivity index (χ1v) is 35.5. The van der Waals surface area contributed by atoms with Crippen LogP contribution in [0, 0.1) is 0 Å². The summed E-state index contributed by atoms with van der Waals surface area (Å²) in [5.74, 6) is 5.78. The minimum Gasteiger partial charge on any atom is -0.399 e. The highest BCUT2D eigenvalue weighted by atomic mass is 79.9. The Morgan fingerprint density at radius 1 is 0.214 bits per heavy atom. The van der Waals surface area contributed by atoms with Crippen LogP contribution in [0.25, 0.3) is 146 Å². The molecule has 0 radical (unpaired) electrons. The van der Waals surface area contributed by atoms with Crippen LogP contribution in [0.15, 0.2) is 337 Å². The molecule has 4 heterocycles. The van der Waals surface area contributed by atoms with Crippen LogP contribution in [0.2, 0.25) is 0 Å². The Labute approximate surface area is 616 Å². The molecule has 0 aliphatic carbocycles. The Morgan fingerprint density at radius 2 is 0.417 bits per heavy atom. The van der Waals surface area contributed by atoms with Crippen LogP contribution >= 0.6 is 31.9 Å². The molecule has 13 aromatic carbocycles. The van der Waals surface area contributed by atoms with E-state index in [1.807, 2.05) is 206 Å². The summed E-state index contributed by atoms with van der Waals surface area (Å²) in [4.78, 5) is 43.6. The van der Waals surface area contributed by atoms with Crippen molar-refractivity contribution < 1.29 is 9.31 Å². The molecule has 0 bridgehead atoms. The zero-order valence-electron chi connectivity index (χ0n) is 56.9. The molecule has 0 N–H and O–H groups in total. The fourth-order valence-electron chi connectivity index (χ4n) is 12.0. The average molecular weight is 1460 g/mol. The fraction of sp³-hybridized carbons (Fsp3) is 0.0674. The van der Waals surface area contributed by atoms with Crippen LogP contribution in [-0.2, 0) is 9.31 Å². The molecule has 1 saturated heterocycles. The predicted molar refractivity (Wildman–Crippen MR) is 425 cm³/mol. The summed E-state index contributed by atoms with van der Waals surface area (Å²) in [6, 6.07) is 111. The smallest absolute Gasteiger partial charge is 0.399 e. The lowest BCUT2D eigenvalue weighted by molar-refractivity contribution is 0.00578. The normalized spacial score (nSPS) is 12.8. The van der Waals surface area contributed by atoms with Gasteiger partial charge in [0, 0.05) is 59.0 Å². The van der Waals surface area contributed by atoms with E-state index in [1.165, 1.54) is 16.2 Å². The highest BCUT2D eigenvalue weighted by Crippen LogP contribution is 2.38. The van der Waals surface area contributed by atoms with Crippen molar-refractivity contribution in [2.24, 2.45) is 0 Å². The van der Waals surface area contributed by atoms with Gasteiger partial charge in [0.2, 0.25) is 0 Å². The van der Waals surface area contributed by atoms with E-state index >= 15 is 0 Å². The lowest BCUT2D eigenvalue weighted by Gasteiger charge is -2.32. The van der Waals surface area contributed by atoms with Gasteiger partial charge in [-0.1, -0.05) is 323 Å². The molecular weight excluding hydrogens is 1400 g/mol. The summed E-state index contributed by atoms with van der Waals surface area (Å²) < 4.78 is 14.6. The van der Waals surface area contributed by atoms with Crippen LogP contribution < -0.4 is 5.46 Å². The zero-order valence-corrected chi connectivity index (χ0v) is 60.0. The molecule has 14 heteroatoms. The maximum atomic E-state index is 6.19. The van der Waals surface area contributed by atoms with Crippen LogP contribution in [0.1, 0.15) is 27.7 Å². The summed E-state index contributed by atoms with van der Waals surface area (Å²) in [5, 5.41) is 4.86. The molecule has 1 fully saturated rings. The summed E-state index contributed by atoms with van der Waals surface area (Å²) in [6.07, 6.45) is 0. The van der Waals surface area contributed by atoms with Crippen molar-refractivity contribution in [3.05, 3.63) is 337 Å². The molecule has 0 saturated carbocycles. The molecule has 3 aromatic heterocycles. The lowest BCUT2D eigenvalue weighted by Crippen LogP contribution is -2.41. The van der Waals surface area contributed by atoms with Crippen LogP contribution in [0.5, 0.6) is 0 Å². The van der Waals surface area contributed by atoms with E-state index in [0.717, 1.165) is 92.1 Å². The highest BCUT2D eigenvalue weighted by Gasteiger charge is 2.51. The van der Waals surface area contributed by atoms with Gasteiger partial charge in [-0.2, -0.15) is 0 Å². The molecule has 0 unspecified atom stereocenters. The number of nitrogens with zero attached hydrogens (tertiary/aromatic N) is 9. The average Bonchev–Trinajstić information content (AvgIpc) is 1.41. The summed E-state index contributed by atoms with van der Waals surface area (Å²) in [6.45, 7) is 8.23. The number of rotatable bonds is 12. The zero-order chi connectivity index (χ0) is 70.3. The van der Waals surface area contributed by atoms with Crippen molar-refractivity contribution in [1.29, 1.82) is 0 Å². The Kier molecular flexibility index (Phi) is 19.5. The Morgan fingerprint density at radius 3 is 0.680 bits per heavy atom. The Bertz CT molecular complexity index is 5210. The molecule has 496 valence electrons. The first kappa shape index (κ1) is 67.2. The molecule has 17 rings (SSSR count). The van der Waals surface area contributed by atoms with Gasteiger partial charge in [0.15, 0.2) is 52.4 Å². The van der Waals surface area contributed by atoms with Crippen molar-refractivity contribution in [3.8, 4) is 125 Å². The molecule has 103 heavy (non-hydrogen) atoms. The van der Waals surface area contributed by atoms with E-state index in [1.54, 1.807) is 0 Å². The summed E-state index contributed by atoms with van der Waals surface area (Å²) in [5.41, 5.74) is 13.2. The Balaban J connectivity index is 0.000000158. The number of fused-ring (bicyclic) bond motifs is 2. The highest BCUT2D eigenvalue weighted by molar-refractivity contribution is 9.10. The van der Waals surface area contributed by atoms with Crippen molar-refractivity contribution in [3.63, 3.8) is 0 Å². The van der Waals surface area contributed by atoms with Crippen molar-refractivity contribution in [2.45, 2.75) is 38.9 Å². The second kappa shape index (κ2) is 29.9. The molecular formula is C89H66BBr2N9O2. The van der Waals surface area contributed by atoms with Gasteiger partial charge in [-0.3, -0.25) is 0 Å². The molecule has 1 aliphatic heterocycles. The van der Waals surface area contributed by atoms with Crippen LogP contribution in [0.3, 0.4) is 0 Å². The van der Waals surface area contributed by atoms with Gasteiger partial charge in [0.05, 0.1) is 11.2 Å². The predicted octanol–water partition coefficient (Wildman–Crippen LogP) is 22.1. The van der Waals surface area contributed by atoms with Gasteiger partial charge in [-0.05, 0) is 113 Å². The maximum absolute atomic E-state index is 6.19. The van der Waals surface area contributed by atoms with Crippen molar-refractivity contribution in [1.82, 2.24) is 44.9 Å². The number of aromatic nitrogens is 9. The van der Waals surface area contributed by atoms with E-state index in [4.69, 9.17) is 54.2 Å². The van der Waals surface area contributed by atoms with Gasteiger partial charge in [0.25, 0.3) is 0 Å². The third-order valence-electron chi connectivity index (χ3n) is 18.3. The SMILES string of the molecule is Brc1ccc2ccc(Br)cc2c1.CC1(C)OB(c2ccc(-c3nc(-c4ccccc4)nc(-c4ccccc4)n3)cc2)OC1(C)C.c1ccc(-c2nc(-c3ccccc3)nc(-c3ccc(-c4ccc5ccc(-c6ccc(-c7nc(-c8ccccc8)nc(-c8ccccc8)n7)cc6)cc5c4)cc3)n2)cc1. The molecule has 11 nitrogen and oxygen atoms in total. The molecule has 0 atom stereocenters. The standard InChI is InChI=1S/C52H34N6.C27H26BN3O2.C10H6Br2/c1-5-13-38(14-6-1)47-53-48(39-15-7-2-8-16-39)56-51(55-47)42-27-21-35(22-28-42)44-31-25-37-26-32-45(34-46(37)33-44)36-23-29-43(30-24-36)52-57-49(40-17-9-3-10-18-40)54-50(58-52)41-19-11-4-12-20-41;1-26(2)27(3,4)33-28(32-26)22-17-15-21(16-18-22)25-30-23(19-11-7-5-8-12-19)29-24(31-25)20-13-9-6-10-14-20;11-9-3-1-7-2-4-10(12)6-8(7)5-9/h1-34H;5-18H,1-4H3;1-6H. The number of hydrogen-bond donors (Lipinski definition) is 0. The number of hydrogen-bond acceptors (Lipinski definition) is 11. The van der Waals surface area contributed by atoms with Crippen molar-refractivity contribution >= 4 is 66.0 Å². The number of halogens is 2. The molecule has 0 amide bonds. The van der Waals surface area contributed by atoms with Crippen molar-refractivity contribution in [2.75, 3.05) is 0 Å². The minimum atomic E-state index is -0.401. The molecule has 0 spiro atoms. The topological polar surface area (TPSA) is 134 Å². The van der Waals surface area contributed by atoms with E-state index in [2.05, 4.69) is 181 Å². The lowest BCUT2D eigenvalue weighted by atomic mass is 9.79. The molecule has 16 aromatic rings. The Hall–Kier alpha value is -11.6. The van der Waals surface area contributed by atoms with E-state index in [-0.39, 0.29) is 11.2 Å². The monoisotopic (exact) mass is 1460 g/mol. The second-order valence-corrected chi connectivity index (χ2v) is 27.7. The second-order valence-electron chi connectivity index (χ2n) is 25.9. The van der Waals surface area contributed by atoms with E-state index < -0.39 is 7.12 Å². The first-order chi connectivity index (χ1) is 50.3. The third-order valence-corrected chi connectivity index (χ3v) is 19.3. The van der Waals surface area contributed by atoms with E-state index in [9.17, 15) is 0 Å². The molecule has 1 aliphatic rings. The quantitative estimate of drug-likeness (QED) is 0.108. The van der Waals surface area contributed by atoms with Gasteiger partial charge >= 0.3 is 7.12 Å². The number of benzene rings is 13. The fourth-order valence-corrected chi connectivity index (χ4v) is 12.8. The van der Waals surface area contributed by atoms with Crippen LogP contribution in [0.4, 0.5) is 0 Å². The first-order valence-electron chi connectivity index (χ1n) is 34.0. The van der Waals surface area contributed by atoms with Gasteiger partial charge in [0.1, 0.15) is 0 Å². The van der Waals surface area contributed by atoms with Gasteiger partial charge in [-0.15, -0.1) is 0 Å². The minimum absolute atomic E-state index is 0.375. The van der Waals surface area contributed by atoms with Crippen LogP contribution in [-0.4, -0.2) is 63.2 Å². The maximum Gasteiger partial charge on any atom is 0.494 e. The third kappa shape index (κ3) is 15.5. The summed E-state index contributed by atoms with van der Waals surface area (Å²) in [7, 11) is -0.401.